The lowest BCUT2D eigenvalue weighted by molar-refractivity contribution is -0.134. The van der Waals surface area contributed by atoms with Crippen LogP contribution in [0, 0.1) is 6.92 Å². The number of nitrogens with one attached hydrogen (secondary N) is 1. The molecule has 0 saturated carbocycles. The number of fused-ring (bicyclic) bond motifs is 1. The zero-order valence-corrected chi connectivity index (χ0v) is 16.2. The van der Waals surface area contributed by atoms with E-state index in [1.54, 1.807) is 6.92 Å². The summed E-state index contributed by atoms with van der Waals surface area (Å²) in [5.41, 5.74) is 2.44. The van der Waals surface area contributed by atoms with E-state index in [1.165, 1.54) is 10.9 Å². The maximum absolute atomic E-state index is 12.5. The molecule has 2 aromatic heterocycles. The highest BCUT2D eigenvalue weighted by atomic mass is 16.5. The van der Waals surface area contributed by atoms with Gasteiger partial charge in [-0.15, -0.1) is 0 Å². The monoisotopic (exact) mass is 382 g/mol. The second-order valence-corrected chi connectivity index (χ2v) is 7.34. The molecular weight excluding hydrogens is 356 g/mol. The number of carbonyl (C=O) groups is 1. The summed E-state index contributed by atoms with van der Waals surface area (Å²) in [4.78, 5) is 21.9. The molecule has 1 amide bonds. The van der Waals surface area contributed by atoms with Crippen molar-refractivity contribution in [2.24, 2.45) is 0 Å². The molecule has 7 heteroatoms. The molecule has 7 nitrogen and oxygen atoms in total. The molecule has 0 bridgehead atoms. The fourth-order valence-electron chi connectivity index (χ4n) is 3.79. The maximum Gasteiger partial charge on any atom is 0.252 e. The number of piperidine rings is 1. The number of nitrogens with zero attached hydrogens (tertiary/aromatic N) is 3. The van der Waals surface area contributed by atoms with Gasteiger partial charge in [-0.1, -0.05) is 23.4 Å². The molecule has 1 N–H and O–H groups in total. The van der Waals surface area contributed by atoms with Crippen molar-refractivity contribution in [3.63, 3.8) is 0 Å². The number of para-hydroxylation sites is 1. The van der Waals surface area contributed by atoms with Gasteiger partial charge in [0.25, 0.3) is 5.89 Å². The number of rotatable bonds is 7. The van der Waals surface area contributed by atoms with Crippen LogP contribution in [0.25, 0.3) is 10.9 Å². The van der Waals surface area contributed by atoms with Crippen LogP contribution in [0.1, 0.15) is 43.0 Å². The topological polar surface area (TPSA) is 84.3 Å². The standard InChI is InChI=1S/C21H26N4O3/c1-15-23-20(28-24-15)14-27-17-9-11-25(12-10-17)21(26)8-4-5-16-13-22-19-7-3-2-6-18(16)19/h2-3,6-7,13,17,22H,4-5,8-12,14H2,1H3. The van der Waals surface area contributed by atoms with Crippen LogP contribution in [0.3, 0.4) is 0 Å². The first-order valence-corrected chi connectivity index (χ1v) is 9.92. The number of amides is 1. The molecule has 0 spiro atoms. The Hall–Kier alpha value is -2.67. The van der Waals surface area contributed by atoms with Gasteiger partial charge in [-0.3, -0.25) is 4.79 Å². The van der Waals surface area contributed by atoms with E-state index >= 15 is 0 Å². The van der Waals surface area contributed by atoms with Crippen LogP contribution in [0.15, 0.2) is 35.0 Å². The van der Waals surface area contributed by atoms with Crippen molar-refractivity contribution in [3.8, 4) is 0 Å². The molecule has 3 heterocycles. The lowest BCUT2D eigenvalue weighted by Gasteiger charge is -2.31. The molecule has 148 valence electrons. The average molecular weight is 382 g/mol. The highest BCUT2D eigenvalue weighted by Gasteiger charge is 2.23. The molecule has 1 aromatic carbocycles. The largest absolute Gasteiger partial charge is 0.368 e. The fourth-order valence-corrected chi connectivity index (χ4v) is 3.79. The summed E-state index contributed by atoms with van der Waals surface area (Å²) in [5.74, 6) is 1.37. The van der Waals surface area contributed by atoms with E-state index in [0.717, 1.165) is 44.3 Å². The van der Waals surface area contributed by atoms with Crippen LogP contribution < -0.4 is 0 Å². The van der Waals surface area contributed by atoms with E-state index in [4.69, 9.17) is 9.26 Å². The Morgan fingerprint density at radius 2 is 2.14 bits per heavy atom. The van der Waals surface area contributed by atoms with Crippen LogP contribution >= 0.6 is 0 Å². The third kappa shape index (κ3) is 4.42. The zero-order chi connectivity index (χ0) is 19.3. The molecule has 1 fully saturated rings. The van der Waals surface area contributed by atoms with Gasteiger partial charge in [0.15, 0.2) is 5.82 Å². The number of hydrogen-bond donors (Lipinski definition) is 1. The van der Waals surface area contributed by atoms with Gasteiger partial charge in [0.1, 0.15) is 6.61 Å². The number of aryl methyl sites for hydroxylation is 2. The Morgan fingerprint density at radius 1 is 1.32 bits per heavy atom. The van der Waals surface area contributed by atoms with E-state index in [0.29, 0.717) is 24.7 Å². The molecular formula is C21H26N4O3. The molecule has 28 heavy (non-hydrogen) atoms. The molecule has 0 aliphatic carbocycles. The number of likely N-dealkylation sites (tertiary alicyclic amines) is 1. The van der Waals surface area contributed by atoms with Crippen molar-refractivity contribution in [2.75, 3.05) is 13.1 Å². The number of aromatic amines is 1. The Bertz CT molecular complexity index is 925. The second-order valence-electron chi connectivity index (χ2n) is 7.34. The van der Waals surface area contributed by atoms with Crippen LogP contribution in [0.2, 0.25) is 0 Å². The van der Waals surface area contributed by atoms with Gasteiger partial charge >= 0.3 is 0 Å². The SMILES string of the molecule is Cc1noc(COC2CCN(C(=O)CCCc3c[nH]c4ccccc34)CC2)n1. The predicted molar refractivity (Wildman–Crippen MR) is 105 cm³/mol. The van der Waals surface area contributed by atoms with Gasteiger partial charge < -0.3 is 19.1 Å². The lowest BCUT2D eigenvalue weighted by Crippen LogP contribution is -2.40. The first kappa shape index (κ1) is 18.7. The number of ether oxygens (including phenoxy) is 1. The highest BCUT2D eigenvalue weighted by Crippen LogP contribution is 2.20. The summed E-state index contributed by atoms with van der Waals surface area (Å²) in [6.07, 6.45) is 6.27. The van der Waals surface area contributed by atoms with E-state index in [-0.39, 0.29) is 12.0 Å². The molecule has 3 aromatic rings. The minimum atomic E-state index is 0.141. The van der Waals surface area contributed by atoms with E-state index in [2.05, 4.69) is 39.5 Å². The number of aromatic nitrogens is 3. The summed E-state index contributed by atoms with van der Waals surface area (Å²) in [6.45, 7) is 3.62. The van der Waals surface area contributed by atoms with Crippen LogP contribution in [-0.2, 0) is 22.6 Å². The van der Waals surface area contributed by atoms with Gasteiger partial charge in [0, 0.05) is 36.6 Å². The number of hydrogen-bond acceptors (Lipinski definition) is 5. The lowest BCUT2D eigenvalue weighted by atomic mass is 10.0. The minimum Gasteiger partial charge on any atom is -0.368 e. The first-order chi connectivity index (χ1) is 13.7. The summed E-state index contributed by atoms with van der Waals surface area (Å²) >= 11 is 0. The third-order valence-electron chi connectivity index (χ3n) is 5.32. The predicted octanol–water partition coefficient (Wildman–Crippen LogP) is 3.39. The van der Waals surface area contributed by atoms with Gasteiger partial charge in [-0.2, -0.15) is 4.98 Å². The molecule has 1 aliphatic heterocycles. The van der Waals surface area contributed by atoms with Crippen molar-refractivity contribution in [1.29, 1.82) is 0 Å². The van der Waals surface area contributed by atoms with Crippen molar-refractivity contribution in [3.05, 3.63) is 47.7 Å². The van der Waals surface area contributed by atoms with Crippen LogP contribution in [-0.4, -0.2) is 45.1 Å². The minimum absolute atomic E-state index is 0.141. The van der Waals surface area contributed by atoms with Crippen LogP contribution in [0.4, 0.5) is 0 Å². The van der Waals surface area contributed by atoms with Gasteiger partial charge in [0.05, 0.1) is 6.10 Å². The quantitative estimate of drug-likeness (QED) is 0.677. The summed E-state index contributed by atoms with van der Waals surface area (Å²) in [6, 6.07) is 8.29. The first-order valence-electron chi connectivity index (χ1n) is 9.92. The Balaban J connectivity index is 1.18. The van der Waals surface area contributed by atoms with E-state index < -0.39 is 0 Å². The van der Waals surface area contributed by atoms with Gasteiger partial charge in [0.2, 0.25) is 5.91 Å². The van der Waals surface area contributed by atoms with Gasteiger partial charge in [-0.05, 0) is 44.2 Å². The molecule has 0 atom stereocenters. The molecule has 1 aliphatic rings. The van der Waals surface area contributed by atoms with Crippen molar-refractivity contribution < 1.29 is 14.1 Å². The Labute approximate surface area is 164 Å². The third-order valence-corrected chi connectivity index (χ3v) is 5.32. The molecule has 0 unspecified atom stereocenters. The Morgan fingerprint density at radius 3 is 2.93 bits per heavy atom. The van der Waals surface area contributed by atoms with Gasteiger partial charge in [-0.25, -0.2) is 0 Å². The fraction of sp³-hybridized carbons (Fsp3) is 0.476. The maximum atomic E-state index is 12.5. The number of carbonyl (C=O) groups excluding carboxylic acids is 1. The highest BCUT2D eigenvalue weighted by molar-refractivity contribution is 5.83. The summed E-state index contributed by atoms with van der Waals surface area (Å²) in [5, 5.41) is 5.01. The van der Waals surface area contributed by atoms with Crippen molar-refractivity contribution >= 4 is 16.8 Å². The molecule has 4 rings (SSSR count). The van der Waals surface area contributed by atoms with E-state index in [9.17, 15) is 4.79 Å². The van der Waals surface area contributed by atoms with Crippen molar-refractivity contribution in [2.45, 2.75) is 51.7 Å². The molecule has 1 saturated heterocycles. The Kier molecular flexibility index (Phi) is 5.71. The smallest absolute Gasteiger partial charge is 0.252 e. The summed E-state index contributed by atoms with van der Waals surface area (Å²) < 4.78 is 10.9. The zero-order valence-electron chi connectivity index (χ0n) is 16.2. The number of benzene rings is 1. The number of H-pyrrole nitrogens is 1. The van der Waals surface area contributed by atoms with Crippen LogP contribution in [0.5, 0.6) is 0 Å². The van der Waals surface area contributed by atoms with E-state index in [1.807, 2.05) is 11.0 Å². The summed E-state index contributed by atoms with van der Waals surface area (Å²) in [7, 11) is 0. The normalized spacial score (nSPS) is 15.4. The molecule has 0 radical (unpaired) electrons. The second kappa shape index (κ2) is 8.56. The van der Waals surface area contributed by atoms with Crippen molar-refractivity contribution in [1.82, 2.24) is 20.0 Å². The average Bonchev–Trinajstić information content (AvgIpc) is 3.33.